The van der Waals surface area contributed by atoms with Gasteiger partial charge in [-0.25, -0.2) is 9.59 Å². The summed E-state index contributed by atoms with van der Waals surface area (Å²) in [4.78, 5) is 28.2. The molecule has 4 heteroatoms. The van der Waals surface area contributed by atoms with Crippen molar-refractivity contribution in [3.8, 4) is 0 Å². The average molecular weight is 699 g/mol. The monoisotopic (exact) mass is 698 g/mol. The molecule has 0 radical (unpaired) electrons. The van der Waals surface area contributed by atoms with Crippen LogP contribution >= 0.6 is 0 Å². The summed E-state index contributed by atoms with van der Waals surface area (Å²) in [5.74, 6) is -0.338. The van der Waals surface area contributed by atoms with Crippen LogP contribution in [-0.4, -0.2) is 23.1 Å². The van der Waals surface area contributed by atoms with Gasteiger partial charge >= 0.3 is 11.9 Å². The number of unbranched alkanes of at least 4 members (excludes halogenated alkanes) is 4. The molecule has 4 bridgehead atoms. The molecule has 2 unspecified atom stereocenters. The van der Waals surface area contributed by atoms with E-state index in [1.54, 1.807) is 0 Å². The zero-order valence-electron chi connectivity index (χ0n) is 31.7. The minimum Gasteiger partial charge on any atom is -0.455 e. The van der Waals surface area contributed by atoms with Crippen molar-refractivity contribution in [2.75, 3.05) is 0 Å². The molecule has 0 amide bonds. The molecule has 2 atom stereocenters. The van der Waals surface area contributed by atoms with Gasteiger partial charge in [0.25, 0.3) is 0 Å². The number of carbonyl (C=O) groups excluding carboxylic acids is 2. The van der Waals surface area contributed by atoms with Crippen molar-refractivity contribution in [2.45, 2.75) is 153 Å². The Kier molecular flexibility index (Phi) is 8.70. The summed E-state index contributed by atoms with van der Waals surface area (Å²) < 4.78 is 13.1. The highest BCUT2D eigenvalue weighted by Crippen LogP contribution is 2.59. The first-order valence-electron chi connectivity index (χ1n) is 21.1. The summed E-state index contributed by atoms with van der Waals surface area (Å²) >= 11 is 0. The Morgan fingerprint density at radius 1 is 0.538 bits per heavy atom. The molecule has 4 nitrogen and oxygen atoms in total. The van der Waals surface area contributed by atoms with Crippen molar-refractivity contribution in [3.63, 3.8) is 0 Å². The van der Waals surface area contributed by atoms with E-state index in [-0.39, 0.29) is 35.0 Å². The highest BCUT2D eigenvalue weighted by molar-refractivity contribution is 5.98. The van der Waals surface area contributed by atoms with Crippen LogP contribution in [0, 0.1) is 22.7 Å². The van der Waals surface area contributed by atoms with Crippen molar-refractivity contribution in [2.24, 2.45) is 22.7 Å². The third-order valence-electron chi connectivity index (χ3n) is 15.5. The summed E-state index contributed by atoms with van der Waals surface area (Å²) in [5, 5.41) is 0. The molecule has 0 N–H and O–H groups in total. The van der Waals surface area contributed by atoms with Gasteiger partial charge in [-0.1, -0.05) is 101 Å². The van der Waals surface area contributed by atoms with E-state index in [0.717, 1.165) is 49.7 Å². The van der Waals surface area contributed by atoms with Gasteiger partial charge in [0.15, 0.2) is 0 Å². The fraction of sp³-hybridized carbons (Fsp3) is 0.583. The maximum absolute atomic E-state index is 14.1. The number of ether oxygens (including phenoxy) is 2. The molecule has 6 fully saturated rings. The van der Waals surface area contributed by atoms with Crippen LogP contribution in [0.25, 0.3) is 0 Å². The molecule has 52 heavy (non-hydrogen) atoms. The van der Waals surface area contributed by atoms with Crippen molar-refractivity contribution >= 4 is 11.9 Å². The fourth-order valence-corrected chi connectivity index (χ4v) is 12.1. The predicted molar refractivity (Wildman–Crippen MR) is 207 cm³/mol. The van der Waals surface area contributed by atoms with Gasteiger partial charge in [0.05, 0.1) is 11.1 Å². The first kappa shape index (κ1) is 34.4. The molecular weight excluding hydrogens is 641 g/mol. The number of hydrogen-bond acceptors (Lipinski definition) is 4. The first-order chi connectivity index (χ1) is 25.3. The lowest BCUT2D eigenvalue weighted by Crippen LogP contribution is -2.49. The molecular formula is C48H58O4. The quantitative estimate of drug-likeness (QED) is 0.150. The predicted octanol–water partition coefficient (Wildman–Crippen LogP) is 11.7. The standard InChI is InChI=1S/C48H58O4/c1-3-5-7-19-45-21-27-47(28-22-45,29-23-45)51-43(49)39-17-15-37-34-12-10-14-36-40(18-16-38(42(34)36)33-11-9-13-35(39)41(33)37)44(50)52-48-30-24-46(25-31-48,26-32-48)20-8-6-4-2/h9-18,41-42H,3-8,19-32H2,1-2H3. The van der Waals surface area contributed by atoms with Crippen LogP contribution in [0.5, 0.6) is 0 Å². The summed E-state index contributed by atoms with van der Waals surface area (Å²) in [6.07, 6.45) is 45.0. The van der Waals surface area contributed by atoms with Crippen LogP contribution in [0.2, 0.25) is 0 Å². The van der Waals surface area contributed by atoms with Crippen LogP contribution < -0.4 is 0 Å². The van der Waals surface area contributed by atoms with Gasteiger partial charge in [-0.2, -0.15) is 0 Å². The molecule has 0 aromatic heterocycles. The van der Waals surface area contributed by atoms with E-state index in [1.165, 1.54) is 112 Å². The Morgan fingerprint density at radius 2 is 1.04 bits per heavy atom. The SMILES string of the molecule is CCCCCC12CCC(OC(=O)C3=CC=C4C5=CC=CC6=C(C(=O)OC78CCC(CCCCC)(CC7)CC8)C=CC(=C7C=CC=C3C47)C56)(CC1)CC2. The highest BCUT2D eigenvalue weighted by Gasteiger charge is 2.53. The van der Waals surface area contributed by atoms with Crippen LogP contribution in [0.3, 0.4) is 0 Å². The van der Waals surface area contributed by atoms with Gasteiger partial charge in [-0.05, 0) is 146 Å². The second-order valence-electron chi connectivity index (χ2n) is 18.2. The molecule has 0 saturated heterocycles. The number of hydrogen-bond donors (Lipinski definition) is 0. The second kappa shape index (κ2) is 13.2. The molecule has 11 rings (SSSR count). The number of fused-ring (bicyclic) bond motifs is 7. The van der Waals surface area contributed by atoms with Crippen LogP contribution in [-0.2, 0) is 19.1 Å². The lowest BCUT2D eigenvalue weighted by atomic mass is 9.57. The molecule has 0 aromatic carbocycles. The maximum atomic E-state index is 14.1. The van der Waals surface area contributed by atoms with Gasteiger partial charge in [-0.3, -0.25) is 0 Å². The minimum absolute atomic E-state index is 0.0108. The van der Waals surface area contributed by atoms with E-state index in [0.29, 0.717) is 22.0 Å². The molecule has 0 spiro atoms. The van der Waals surface area contributed by atoms with Gasteiger partial charge in [0, 0.05) is 11.8 Å². The number of esters is 2. The average Bonchev–Trinajstić information content (AvgIpc) is 3.18. The van der Waals surface area contributed by atoms with Crippen molar-refractivity contribution in [3.05, 3.63) is 105 Å². The number of carbonyl (C=O) groups is 2. The van der Waals surface area contributed by atoms with Crippen molar-refractivity contribution in [1.29, 1.82) is 0 Å². The van der Waals surface area contributed by atoms with E-state index in [4.69, 9.17) is 9.47 Å². The molecule has 11 aliphatic rings. The topological polar surface area (TPSA) is 52.6 Å². The summed E-state index contributed by atoms with van der Waals surface area (Å²) in [6, 6.07) is 0. The Hall–Kier alpha value is -3.40. The van der Waals surface area contributed by atoms with E-state index in [9.17, 15) is 9.59 Å². The first-order valence-corrected chi connectivity index (χ1v) is 21.1. The highest BCUT2D eigenvalue weighted by atomic mass is 16.6. The zero-order valence-corrected chi connectivity index (χ0v) is 31.7. The minimum atomic E-state index is -0.307. The van der Waals surface area contributed by atoms with Crippen LogP contribution in [0.1, 0.15) is 142 Å². The lowest BCUT2D eigenvalue weighted by molar-refractivity contribution is -0.173. The largest absolute Gasteiger partial charge is 0.455 e. The van der Waals surface area contributed by atoms with E-state index >= 15 is 0 Å². The van der Waals surface area contributed by atoms with E-state index in [1.807, 2.05) is 12.2 Å². The molecule has 6 saturated carbocycles. The van der Waals surface area contributed by atoms with Crippen molar-refractivity contribution in [1.82, 2.24) is 0 Å². The smallest absolute Gasteiger partial charge is 0.338 e. The van der Waals surface area contributed by atoms with Gasteiger partial charge < -0.3 is 9.47 Å². The number of allylic oxidation sites excluding steroid dienone is 14. The lowest BCUT2D eigenvalue weighted by Gasteiger charge is -2.53. The fourth-order valence-electron chi connectivity index (χ4n) is 12.1. The maximum Gasteiger partial charge on any atom is 0.338 e. The molecule has 0 heterocycles. The Labute approximate surface area is 311 Å². The Morgan fingerprint density at radius 3 is 1.62 bits per heavy atom. The molecule has 274 valence electrons. The Balaban J connectivity index is 0.936. The summed E-state index contributed by atoms with van der Waals surface area (Å²) in [5.41, 5.74) is 8.74. The van der Waals surface area contributed by atoms with Crippen LogP contribution in [0.4, 0.5) is 0 Å². The van der Waals surface area contributed by atoms with Crippen LogP contribution in [0.15, 0.2) is 105 Å². The van der Waals surface area contributed by atoms with Crippen molar-refractivity contribution < 1.29 is 19.1 Å². The van der Waals surface area contributed by atoms with E-state index in [2.05, 4.69) is 62.5 Å². The third kappa shape index (κ3) is 5.68. The normalized spacial score (nSPS) is 36.1. The summed E-state index contributed by atoms with van der Waals surface area (Å²) in [6.45, 7) is 4.57. The van der Waals surface area contributed by atoms with Gasteiger partial charge in [0.1, 0.15) is 11.2 Å². The molecule has 11 aliphatic carbocycles. The molecule has 0 aliphatic heterocycles. The zero-order chi connectivity index (χ0) is 35.6. The molecule has 0 aromatic rings. The second-order valence-corrected chi connectivity index (χ2v) is 18.2. The Bertz CT molecular complexity index is 1780. The number of rotatable bonds is 12. The van der Waals surface area contributed by atoms with E-state index < -0.39 is 0 Å². The summed E-state index contributed by atoms with van der Waals surface area (Å²) in [7, 11) is 0. The van der Waals surface area contributed by atoms with Gasteiger partial charge in [0.2, 0.25) is 0 Å². The third-order valence-corrected chi connectivity index (χ3v) is 15.5. The van der Waals surface area contributed by atoms with Gasteiger partial charge in [-0.15, -0.1) is 0 Å².